The number of nitrogens with one attached hydrogen (secondary N) is 2. The number of amides is 3. The Labute approximate surface area is 116 Å². The molecule has 20 heavy (non-hydrogen) atoms. The molecule has 102 valence electrons. The van der Waals surface area contributed by atoms with Gasteiger partial charge in [-0.05, 0) is 36.8 Å². The maximum absolute atomic E-state index is 12.1. The van der Waals surface area contributed by atoms with Gasteiger partial charge in [-0.1, -0.05) is 24.3 Å². The van der Waals surface area contributed by atoms with Gasteiger partial charge in [0.1, 0.15) is 0 Å². The lowest BCUT2D eigenvalue weighted by molar-refractivity contribution is 0.102. The molecule has 0 aliphatic carbocycles. The van der Waals surface area contributed by atoms with Crippen molar-refractivity contribution in [3.8, 4) is 0 Å². The Hall–Kier alpha value is -2.82. The number of primary amides is 1. The minimum atomic E-state index is -0.665. The van der Waals surface area contributed by atoms with E-state index in [0.29, 0.717) is 11.3 Å². The summed E-state index contributed by atoms with van der Waals surface area (Å²) in [7, 11) is 0. The summed E-state index contributed by atoms with van der Waals surface area (Å²) in [5.41, 5.74) is 7.70. The fourth-order valence-electron chi connectivity index (χ4n) is 1.79. The Kier molecular flexibility index (Phi) is 4.00. The first kappa shape index (κ1) is 13.6. The number of nitrogens with two attached hydrogens (primary N) is 1. The third kappa shape index (κ3) is 3.35. The van der Waals surface area contributed by atoms with Crippen molar-refractivity contribution in [2.75, 3.05) is 10.6 Å². The number of hydrogen-bond donors (Lipinski definition) is 3. The van der Waals surface area contributed by atoms with E-state index in [1.807, 2.05) is 31.2 Å². The SMILES string of the molecule is Cc1ccccc1NC(=O)c1cccc(NC(N)=O)c1. The molecule has 0 aliphatic heterocycles. The van der Waals surface area contributed by atoms with Crippen LogP contribution in [0, 0.1) is 6.92 Å². The highest BCUT2D eigenvalue weighted by Crippen LogP contribution is 2.16. The summed E-state index contributed by atoms with van der Waals surface area (Å²) in [4.78, 5) is 22.9. The third-order valence-corrected chi connectivity index (χ3v) is 2.79. The van der Waals surface area contributed by atoms with E-state index < -0.39 is 6.03 Å². The first-order valence-electron chi connectivity index (χ1n) is 6.10. The van der Waals surface area contributed by atoms with E-state index in [1.165, 1.54) is 0 Å². The van der Waals surface area contributed by atoms with Gasteiger partial charge >= 0.3 is 6.03 Å². The molecule has 3 amide bonds. The van der Waals surface area contributed by atoms with Gasteiger partial charge in [-0.25, -0.2) is 4.79 Å². The van der Waals surface area contributed by atoms with Gasteiger partial charge in [0.2, 0.25) is 0 Å². The maximum Gasteiger partial charge on any atom is 0.316 e. The van der Waals surface area contributed by atoms with E-state index in [9.17, 15) is 9.59 Å². The van der Waals surface area contributed by atoms with Crippen LogP contribution in [0.4, 0.5) is 16.2 Å². The predicted octanol–water partition coefficient (Wildman–Crippen LogP) is 2.74. The van der Waals surface area contributed by atoms with Crippen molar-refractivity contribution in [1.29, 1.82) is 0 Å². The maximum atomic E-state index is 12.1. The average Bonchev–Trinajstić information content (AvgIpc) is 2.41. The average molecular weight is 269 g/mol. The number of para-hydroxylation sites is 1. The van der Waals surface area contributed by atoms with Gasteiger partial charge in [-0.3, -0.25) is 4.79 Å². The highest BCUT2D eigenvalue weighted by atomic mass is 16.2. The van der Waals surface area contributed by atoms with Gasteiger partial charge in [0.15, 0.2) is 0 Å². The number of carbonyl (C=O) groups is 2. The molecule has 0 saturated heterocycles. The number of rotatable bonds is 3. The summed E-state index contributed by atoms with van der Waals surface area (Å²) in [6, 6.07) is 13.4. The molecule has 2 rings (SSSR count). The normalized spacial score (nSPS) is 9.85. The molecular weight excluding hydrogens is 254 g/mol. The van der Waals surface area contributed by atoms with Crippen LogP contribution in [0.3, 0.4) is 0 Å². The summed E-state index contributed by atoms with van der Waals surface area (Å²) < 4.78 is 0. The Morgan fingerprint density at radius 3 is 2.45 bits per heavy atom. The molecule has 0 fully saturated rings. The largest absolute Gasteiger partial charge is 0.351 e. The van der Waals surface area contributed by atoms with E-state index >= 15 is 0 Å². The minimum absolute atomic E-state index is 0.243. The molecule has 0 bridgehead atoms. The van der Waals surface area contributed by atoms with Crippen LogP contribution in [0.15, 0.2) is 48.5 Å². The molecule has 0 spiro atoms. The molecule has 0 unspecified atom stereocenters. The number of urea groups is 1. The molecular formula is C15H15N3O2. The molecule has 0 atom stereocenters. The zero-order valence-corrected chi connectivity index (χ0v) is 11.0. The van der Waals surface area contributed by atoms with Crippen LogP contribution < -0.4 is 16.4 Å². The van der Waals surface area contributed by atoms with Crippen LogP contribution >= 0.6 is 0 Å². The summed E-state index contributed by atoms with van der Waals surface area (Å²) in [6.45, 7) is 1.92. The number of hydrogen-bond acceptors (Lipinski definition) is 2. The highest BCUT2D eigenvalue weighted by Gasteiger charge is 2.08. The molecule has 0 aromatic heterocycles. The van der Waals surface area contributed by atoms with E-state index in [4.69, 9.17) is 5.73 Å². The van der Waals surface area contributed by atoms with E-state index in [-0.39, 0.29) is 5.91 Å². The second kappa shape index (κ2) is 5.88. The summed E-state index contributed by atoms with van der Waals surface area (Å²) >= 11 is 0. The quantitative estimate of drug-likeness (QED) is 0.800. The lowest BCUT2D eigenvalue weighted by Gasteiger charge is -2.09. The van der Waals surface area contributed by atoms with Crippen molar-refractivity contribution in [1.82, 2.24) is 0 Å². The molecule has 0 heterocycles. The molecule has 2 aromatic carbocycles. The molecule has 0 aliphatic rings. The van der Waals surface area contributed by atoms with Gasteiger partial charge in [0.25, 0.3) is 5.91 Å². The molecule has 2 aromatic rings. The Bertz CT molecular complexity index is 653. The summed E-state index contributed by atoms with van der Waals surface area (Å²) in [5, 5.41) is 5.26. The summed E-state index contributed by atoms with van der Waals surface area (Å²) in [5.74, 6) is -0.243. The topological polar surface area (TPSA) is 84.2 Å². The standard InChI is InChI=1S/C15H15N3O2/c1-10-5-2-3-8-13(10)18-14(19)11-6-4-7-12(9-11)17-15(16)20/h2-9H,1H3,(H,18,19)(H3,16,17,20). The van der Waals surface area contributed by atoms with Crippen molar-refractivity contribution < 1.29 is 9.59 Å². The van der Waals surface area contributed by atoms with Crippen LogP contribution in [0.2, 0.25) is 0 Å². The van der Waals surface area contributed by atoms with Crippen LogP contribution in [-0.4, -0.2) is 11.9 Å². The molecule has 5 heteroatoms. The van der Waals surface area contributed by atoms with E-state index in [0.717, 1.165) is 11.3 Å². The van der Waals surface area contributed by atoms with Crippen molar-refractivity contribution in [3.63, 3.8) is 0 Å². The Morgan fingerprint density at radius 2 is 1.75 bits per heavy atom. The van der Waals surface area contributed by atoms with Crippen molar-refractivity contribution in [2.24, 2.45) is 5.73 Å². The van der Waals surface area contributed by atoms with Crippen molar-refractivity contribution in [2.45, 2.75) is 6.92 Å². The first-order valence-corrected chi connectivity index (χ1v) is 6.10. The second-order valence-corrected chi connectivity index (χ2v) is 4.34. The smallest absolute Gasteiger partial charge is 0.316 e. The number of aryl methyl sites for hydroxylation is 1. The lowest BCUT2D eigenvalue weighted by atomic mass is 10.1. The second-order valence-electron chi connectivity index (χ2n) is 4.34. The molecule has 0 saturated carbocycles. The van der Waals surface area contributed by atoms with Crippen LogP contribution in [0.1, 0.15) is 15.9 Å². The molecule has 5 nitrogen and oxygen atoms in total. The van der Waals surface area contributed by atoms with Gasteiger partial charge in [0, 0.05) is 16.9 Å². The number of benzene rings is 2. The van der Waals surface area contributed by atoms with E-state index in [2.05, 4.69) is 10.6 Å². The number of anilines is 2. The predicted molar refractivity (Wildman–Crippen MR) is 78.8 cm³/mol. The lowest BCUT2D eigenvalue weighted by Crippen LogP contribution is -2.20. The van der Waals surface area contributed by atoms with Gasteiger partial charge < -0.3 is 16.4 Å². The molecule has 0 radical (unpaired) electrons. The minimum Gasteiger partial charge on any atom is -0.351 e. The fourth-order valence-corrected chi connectivity index (χ4v) is 1.79. The highest BCUT2D eigenvalue weighted by molar-refractivity contribution is 6.05. The van der Waals surface area contributed by atoms with Crippen molar-refractivity contribution >= 4 is 23.3 Å². The van der Waals surface area contributed by atoms with Crippen LogP contribution in [0.25, 0.3) is 0 Å². The van der Waals surface area contributed by atoms with Gasteiger partial charge in [0.05, 0.1) is 0 Å². The zero-order valence-electron chi connectivity index (χ0n) is 11.0. The van der Waals surface area contributed by atoms with Crippen LogP contribution in [0.5, 0.6) is 0 Å². The Balaban J connectivity index is 2.17. The number of carbonyl (C=O) groups excluding carboxylic acids is 2. The van der Waals surface area contributed by atoms with Gasteiger partial charge in [-0.2, -0.15) is 0 Å². The Morgan fingerprint density at radius 1 is 1.00 bits per heavy atom. The van der Waals surface area contributed by atoms with Crippen LogP contribution in [-0.2, 0) is 0 Å². The first-order chi connectivity index (χ1) is 9.56. The third-order valence-electron chi connectivity index (χ3n) is 2.79. The van der Waals surface area contributed by atoms with Gasteiger partial charge in [-0.15, -0.1) is 0 Å². The van der Waals surface area contributed by atoms with Crippen molar-refractivity contribution in [3.05, 3.63) is 59.7 Å². The van der Waals surface area contributed by atoms with E-state index in [1.54, 1.807) is 24.3 Å². The summed E-state index contributed by atoms with van der Waals surface area (Å²) in [6.07, 6.45) is 0. The zero-order chi connectivity index (χ0) is 14.5. The fraction of sp³-hybridized carbons (Fsp3) is 0.0667. The monoisotopic (exact) mass is 269 g/mol. The molecule has 4 N–H and O–H groups in total.